The van der Waals surface area contributed by atoms with Gasteiger partial charge in [-0.3, -0.25) is 14.9 Å². The fourth-order valence-corrected chi connectivity index (χ4v) is 3.37. The summed E-state index contributed by atoms with van der Waals surface area (Å²) in [6.45, 7) is 10.8. The standard InChI is InChI=1S/C12H17N3O.C9H11N3O.2CH4/c1-12(2,3)15-8-6-9-5-4-7-13-10(9)14-11(15)16;1-6(2)12-7-4-3-5-10-8(7)11-9(12)13;;/h4-5,7H,6,8H2,1-3H3,(H,13,14,16);3-6H,1-2H3,(H,10,11,13);2*1H4. The predicted molar refractivity (Wildman–Crippen MR) is 128 cm³/mol. The maximum atomic E-state index is 12.0. The lowest BCUT2D eigenvalue weighted by molar-refractivity contribution is 0.159. The van der Waals surface area contributed by atoms with Gasteiger partial charge in [-0.2, -0.15) is 0 Å². The fraction of sp³-hybridized carbons (Fsp3) is 0.478. The molecule has 170 valence electrons. The van der Waals surface area contributed by atoms with Gasteiger partial charge in [-0.25, -0.2) is 19.6 Å². The van der Waals surface area contributed by atoms with Crippen molar-refractivity contribution >= 4 is 23.0 Å². The molecule has 0 saturated carbocycles. The molecule has 0 radical (unpaired) electrons. The Bertz CT molecular complexity index is 1060. The van der Waals surface area contributed by atoms with E-state index in [2.05, 4.69) is 20.3 Å². The number of carbonyl (C=O) groups excluding carboxylic acids is 1. The zero-order chi connectivity index (χ0) is 21.2. The van der Waals surface area contributed by atoms with Gasteiger partial charge in [-0.05, 0) is 64.8 Å². The van der Waals surface area contributed by atoms with E-state index in [0.717, 1.165) is 24.0 Å². The largest absolute Gasteiger partial charge is 0.327 e. The smallest absolute Gasteiger partial charge is 0.319 e. The van der Waals surface area contributed by atoms with Gasteiger partial charge in [0.25, 0.3) is 0 Å². The first-order valence-corrected chi connectivity index (χ1v) is 9.76. The average molecular weight is 429 g/mol. The van der Waals surface area contributed by atoms with E-state index in [0.29, 0.717) is 11.5 Å². The number of imidazole rings is 1. The number of aromatic amines is 1. The van der Waals surface area contributed by atoms with Crippen LogP contribution in [0.15, 0.2) is 41.5 Å². The SMILES string of the molecule is C.C.CC(C)(C)N1CCc2cccnc2NC1=O.CC(C)n1c(=O)[nH]c2ncccc21. The molecule has 2 amide bonds. The summed E-state index contributed by atoms with van der Waals surface area (Å²) in [4.78, 5) is 36.2. The van der Waals surface area contributed by atoms with Crippen molar-refractivity contribution in [1.29, 1.82) is 0 Å². The van der Waals surface area contributed by atoms with E-state index in [1.165, 1.54) is 0 Å². The first-order chi connectivity index (χ1) is 13.7. The molecule has 1 aliphatic heterocycles. The number of carbonyl (C=O) groups is 1. The number of hydrogen-bond donors (Lipinski definition) is 2. The molecule has 3 aromatic heterocycles. The maximum absolute atomic E-state index is 12.0. The van der Waals surface area contributed by atoms with E-state index >= 15 is 0 Å². The Morgan fingerprint density at radius 2 is 1.68 bits per heavy atom. The van der Waals surface area contributed by atoms with Gasteiger partial charge in [0.2, 0.25) is 0 Å². The van der Waals surface area contributed by atoms with Gasteiger partial charge in [0.1, 0.15) is 5.82 Å². The number of fused-ring (bicyclic) bond motifs is 2. The Morgan fingerprint density at radius 3 is 2.32 bits per heavy atom. The lowest BCUT2D eigenvalue weighted by Crippen LogP contribution is -2.47. The van der Waals surface area contributed by atoms with Crippen LogP contribution in [0, 0.1) is 0 Å². The van der Waals surface area contributed by atoms with Crippen LogP contribution in [0.5, 0.6) is 0 Å². The Balaban J connectivity index is 0.000000296. The molecule has 8 heteroatoms. The molecule has 1 aliphatic rings. The van der Waals surface area contributed by atoms with Gasteiger partial charge in [0.05, 0.1) is 5.52 Å². The van der Waals surface area contributed by atoms with Crippen LogP contribution in [-0.2, 0) is 6.42 Å². The zero-order valence-electron chi connectivity index (χ0n) is 17.6. The summed E-state index contributed by atoms with van der Waals surface area (Å²) in [6.07, 6.45) is 4.22. The topological polar surface area (TPSA) is 95.9 Å². The molecule has 4 heterocycles. The number of nitrogens with one attached hydrogen (secondary N) is 2. The van der Waals surface area contributed by atoms with E-state index in [-0.39, 0.29) is 38.2 Å². The third-order valence-corrected chi connectivity index (χ3v) is 4.78. The molecular formula is C23H36N6O2. The summed E-state index contributed by atoms with van der Waals surface area (Å²) in [6, 6.07) is 7.72. The van der Waals surface area contributed by atoms with Crippen molar-refractivity contribution < 1.29 is 4.79 Å². The van der Waals surface area contributed by atoms with Crippen molar-refractivity contribution in [2.45, 2.75) is 67.5 Å². The summed E-state index contributed by atoms with van der Waals surface area (Å²) < 4.78 is 1.70. The predicted octanol–water partition coefficient (Wildman–Crippen LogP) is 4.85. The molecule has 0 atom stereocenters. The molecule has 0 bridgehead atoms. The van der Waals surface area contributed by atoms with Crippen molar-refractivity contribution in [3.05, 3.63) is 52.7 Å². The molecule has 0 unspecified atom stereocenters. The Morgan fingerprint density at radius 1 is 1.03 bits per heavy atom. The molecule has 0 fully saturated rings. The number of hydrogen-bond acceptors (Lipinski definition) is 4. The van der Waals surface area contributed by atoms with Crippen LogP contribution >= 0.6 is 0 Å². The highest BCUT2D eigenvalue weighted by atomic mass is 16.2. The van der Waals surface area contributed by atoms with Gasteiger partial charge in [-0.1, -0.05) is 20.9 Å². The van der Waals surface area contributed by atoms with Gasteiger partial charge in [-0.15, -0.1) is 0 Å². The summed E-state index contributed by atoms with van der Waals surface area (Å²) in [5, 5.41) is 2.85. The van der Waals surface area contributed by atoms with Crippen LogP contribution in [0.25, 0.3) is 11.2 Å². The van der Waals surface area contributed by atoms with Crippen molar-refractivity contribution in [3.8, 4) is 0 Å². The van der Waals surface area contributed by atoms with Crippen LogP contribution < -0.4 is 11.0 Å². The highest BCUT2D eigenvalue weighted by Crippen LogP contribution is 2.22. The second-order valence-corrected chi connectivity index (χ2v) is 8.28. The number of aromatic nitrogens is 4. The first-order valence-electron chi connectivity index (χ1n) is 9.76. The number of pyridine rings is 2. The minimum Gasteiger partial charge on any atom is -0.319 e. The monoisotopic (exact) mass is 428 g/mol. The van der Waals surface area contributed by atoms with Crippen LogP contribution in [0.1, 0.15) is 61.1 Å². The van der Waals surface area contributed by atoms with Crippen LogP contribution in [0.4, 0.5) is 10.6 Å². The fourth-order valence-electron chi connectivity index (χ4n) is 3.37. The minimum atomic E-state index is -0.161. The quantitative estimate of drug-likeness (QED) is 0.579. The molecular weight excluding hydrogens is 392 g/mol. The van der Waals surface area contributed by atoms with Crippen molar-refractivity contribution in [1.82, 2.24) is 24.4 Å². The Kier molecular flexibility index (Phi) is 8.55. The summed E-state index contributed by atoms with van der Waals surface area (Å²) in [7, 11) is 0. The zero-order valence-corrected chi connectivity index (χ0v) is 17.6. The molecule has 0 spiro atoms. The normalized spacial score (nSPS) is 13.2. The van der Waals surface area contributed by atoms with Gasteiger partial charge in [0, 0.05) is 30.5 Å². The minimum absolute atomic E-state index is 0. The van der Waals surface area contributed by atoms with Crippen molar-refractivity contribution in [3.63, 3.8) is 0 Å². The number of urea groups is 1. The van der Waals surface area contributed by atoms with Crippen molar-refractivity contribution in [2.75, 3.05) is 11.9 Å². The first kappa shape index (κ1) is 25.9. The van der Waals surface area contributed by atoms with Gasteiger partial charge < -0.3 is 4.90 Å². The van der Waals surface area contributed by atoms with E-state index in [9.17, 15) is 9.59 Å². The molecule has 2 N–H and O–H groups in total. The van der Waals surface area contributed by atoms with Gasteiger partial charge >= 0.3 is 11.7 Å². The molecule has 31 heavy (non-hydrogen) atoms. The summed E-state index contributed by atoms with van der Waals surface area (Å²) >= 11 is 0. The number of rotatable bonds is 1. The number of nitrogens with zero attached hydrogens (tertiary/aromatic N) is 4. The molecule has 0 saturated heterocycles. The second kappa shape index (κ2) is 10.2. The van der Waals surface area contributed by atoms with Crippen LogP contribution in [0.2, 0.25) is 0 Å². The average Bonchev–Trinajstić information content (AvgIpc) is 2.87. The van der Waals surface area contributed by atoms with Gasteiger partial charge in [0.15, 0.2) is 5.65 Å². The van der Waals surface area contributed by atoms with Crippen LogP contribution in [-0.4, -0.2) is 42.5 Å². The number of H-pyrrole nitrogens is 1. The molecule has 3 aromatic rings. The number of amides is 2. The van der Waals surface area contributed by atoms with E-state index < -0.39 is 0 Å². The number of anilines is 1. The highest BCUT2D eigenvalue weighted by Gasteiger charge is 2.29. The second-order valence-electron chi connectivity index (χ2n) is 8.28. The van der Waals surface area contributed by atoms with Crippen molar-refractivity contribution in [2.24, 2.45) is 0 Å². The summed E-state index contributed by atoms with van der Waals surface area (Å²) in [5.41, 5.74) is 2.36. The van der Waals surface area contributed by atoms with E-state index in [1.54, 1.807) is 17.0 Å². The highest BCUT2D eigenvalue weighted by molar-refractivity contribution is 5.90. The van der Waals surface area contributed by atoms with E-state index in [4.69, 9.17) is 0 Å². The summed E-state index contributed by atoms with van der Waals surface area (Å²) in [5.74, 6) is 0.694. The molecule has 0 aliphatic carbocycles. The van der Waals surface area contributed by atoms with Crippen LogP contribution in [0.3, 0.4) is 0 Å². The molecule has 4 rings (SSSR count). The molecule has 0 aromatic carbocycles. The maximum Gasteiger partial charge on any atom is 0.327 e. The third kappa shape index (κ3) is 5.71. The van der Waals surface area contributed by atoms with E-state index in [1.807, 2.05) is 63.8 Å². The third-order valence-electron chi connectivity index (χ3n) is 4.78. The Hall–Kier alpha value is -3.16. The lowest BCUT2D eigenvalue weighted by Gasteiger charge is -2.34. The Labute approximate surface area is 184 Å². The molecule has 8 nitrogen and oxygen atoms in total. The lowest BCUT2D eigenvalue weighted by atomic mass is 10.1.